The van der Waals surface area contributed by atoms with E-state index in [9.17, 15) is 4.79 Å². The zero-order valence-electron chi connectivity index (χ0n) is 16.1. The number of likely N-dealkylation sites (tertiary alicyclic amines) is 2. The maximum atomic E-state index is 12.2. The van der Waals surface area contributed by atoms with Crippen LogP contribution in [0.1, 0.15) is 44.9 Å². The number of urea groups is 1. The molecule has 5 heteroatoms. The van der Waals surface area contributed by atoms with Crippen LogP contribution in [-0.2, 0) is 4.74 Å². The number of ether oxygens (including phenoxy) is 1. The van der Waals surface area contributed by atoms with Gasteiger partial charge in [-0.05, 0) is 62.2 Å². The molecule has 2 aliphatic carbocycles. The van der Waals surface area contributed by atoms with Gasteiger partial charge in [-0.15, -0.1) is 0 Å². The lowest BCUT2D eigenvalue weighted by Crippen LogP contribution is -2.47. The van der Waals surface area contributed by atoms with Crippen LogP contribution in [0.4, 0.5) is 4.79 Å². The van der Waals surface area contributed by atoms with Crippen molar-refractivity contribution in [2.24, 2.45) is 17.3 Å². The van der Waals surface area contributed by atoms with E-state index in [-0.39, 0.29) is 6.03 Å². The highest BCUT2D eigenvalue weighted by Gasteiger charge is 2.47. The number of hydrogen-bond acceptors (Lipinski definition) is 3. The van der Waals surface area contributed by atoms with Crippen molar-refractivity contribution in [2.45, 2.75) is 51.0 Å². The molecule has 0 bridgehead atoms. The largest absolute Gasteiger partial charge is 0.380 e. The number of piperidine rings is 1. The van der Waals surface area contributed by atoms with E-state index in [2.05, 4.69) is 4.90 Å². The summed E-state index contributed by atoms with van der Waals surface area (Å²) < 4.78 is 6.09. The van der Waals surface area contributed by atoms with Crippen LogP contribution in [-0.4, -0.2) is 80.3 Å². The smallest absolute Gasteiger partial charge is 0.319 e. The second-order valence-corrected chi connectivity index (χ2v) is 9.38. The Morgan fingerprint density at radius 2 is 1.76 bits per heavy atom. The average molecular weight is 350 g/mol. The maximum absolute atomic E-state index is 12.2. The van der Waals surface area contributed by atoms with E-state index < -0.39 is 0 Å². The van der Waals surface area contributed by atoms with Crippen molar-refractivity contribution in [1.29, 1.82) is 0 Å². The maximum Gasteiger partial charge on any atom is 0.319 e. The topological polar surface area (TPSA) is 36.0 Å². The highest BCUT2D eigenvalue weighted by molar-refractivity contribution is 5.73. The highest BCUT2D eigenvalue weighted by Crippen LogP contribution is 2.45. The average Bonchev–Trinajstić information content (AvgIpc) is 3.49. The fraction of sp³-hybridized carbons (Fsp3) is 0.950. The minimum Gasteiger partial charge on any atom is -0.380 e. The Morgan fingerprint density at radius 1 is 1.08 bits per heavy atom. The third-order valence-corrected chi connectivity index (χ3v) is 6.75. The second kappa shape index (κ2) is 7.07. The van der Waals surface area contributed by atoms with Crippen molar-refractivity contribution in [3.05, 3.63) is 0 Å². The van der Waals surface area contributed by atoms with Gasteiger partial charge in [-0.2, -0.15) is 0 Å². The number of rotatable bonds is 6. The Kier molecular flexibility index (Phi) is 4.98. The minimum absolute atomic E-state index is 0.173. The van der Waals surface area contributed by atoms with Crippen LogP contribution in [0.2, 0.25) is 0 Å². The zero-order valence-corrected chi connectivity index (χ0v) is 16.1. The molecule has 4 aliphatic rings. The molecular weight excluding hydrogens is 314 g/mol. The highest BCUT2D eigenvalue weighted by atomic mass is 16.5. The molecule has 0 N–H and O–H groups in total. The quantitative estimate of drug-likeness (QED) is 0.740. The van der Waals surface area contributed by atoms with Crippen LogP contribution in [0.25, 0.3) is 0 Å². The number of carbonyl (C=O) groups excluding carboxylic acids is 1. The summed E-state index contributed by atoms with van der Waals surface area (Å²) in [6.45, 7) is 6.25. The molecule has 2 aliphatic heterocycles. The molecule has 1 unspecified atom stereocenters. The fourth-order valence-electron chi connectivity index (χ4n) is 4.74. The second-order valence-electron chi connectivity index (χ2n) is 9.38. The lowest BCUT2D eigenvalue weighted by atomic mass is 9.76. The predicted molar refractivity (Wildman–Crippen MR) is 98.6 cm³/mol. The van der Waals surface area contributed by atoms with Crippen LogP contribution in [0, 0.1) is 17.3 Å². The molecule has 5 nitrogen and oxygen atoms in total. The van der Waals surface area contributed by atoms with E-state index in [0.29, 0.717) is 11.5 Å². The summed E-state index contributed by atoms with van der Waals surface area (Å²) in [5.74, 6) is 1.80. The van der Waals surface area contributed by atoms with Gasteiger partial charge < -0.3 is 14.5 Å². The fourth-order valence-corrected chi connectivity index (χ4v) is 4.74. The van der Waals surface area contributed by atoms with Gasteiger partial charge in [0, 0.05) is 52.9 Å². The molecule has 0 aromatic heterocycles. The molecule has 2 saturated carbocycles. The van der Waals surface area contributed by atoms with Gasteiger partial charge in [0.25, 0.3) is 0 Å². The van der Waals surface area contributed by atoms with Gasteiger partial charge in [0.2, 0.25) is 0 Å². The molecule has 0 aromatic rings. The van der Waals surface area contributed by atoms with E-state index in [0.717, 1.165) is 51.0 Å². The van der Waals surface area contributed by atoms with Crippen LogP contribution in [0.3, 0.4) is 0 Å². The van der Waals surface area contributed by atoms with Gasteiger partial charge in [-0.3, -0.25) is 4.90 Å². The summed E-state index contributed by atoms with van der Waals surface area (Å²) in [5, 5.41) is 0. The molecule has 1 spiro atoms. The van der Waals surface area contributed by atoms with E-state index in [1.54, 1.807) is 4.90 Å². The van der Waals surface area contributed by atoms with Gasteiger partial charge in [-0.25, -0.2) is 4.79 Å². The first kappa shape index (κ1) is 17.6. The summed E-state index contributed by atoms with van der Waals surface area (Å²) >= 11 is 0. The van der Waals surface area contributed by atoms with Crippen molar-refractivity contribution in [1.82, 2.24) is 14.7 Å². The molecule has 4 fully saturated rings. The Labute approximate surface area is 152 Å². The number of nitrogens with zero attached hydrogens (tertiary/aromatic N) is 3. The van der Waals surface area contributed by atoms with Crippen molar-refractivity contribution in [3.8, 4) is 0 Å². The summed E-state index contributed by atoms with van der Waals surface area (Å²) in [7, 11) is 3.71. The number of amides is 2. The first-order valence-corrected chi connectivity index (χ1v) is 10.3. The van der Waals surface area contributed by atoms with Crippen LogP contribution in [0.15, 0.2) is 0 Å². The number of carbonyl (C=O) groups is 1. The molecule has 2 saturated heterocycles. The van der Waals surface area contributed by atoms with Gasteiger partial charge in [-0.1, -0.05) is 0 Å². The SMILES string of the molecule is CN(C)C(=O)N1CCC2(CC1)CC(COCC1CC1)N(CC1CC1)C2. The standard InChI is InChI=1S/C20H35N3O2/c1-21(2)19(24)22-9-7-20(8-10-22)11-18(14-25-13-17-5-6-17)23(15-20)12-16-3-4-16/h16-18H,3-15H2,1-2H3. The van der Waals surface area contributed by atoms with Crippen molar-refractivity contribution >= 4 is 6.03 Å². The Hall–Kier alpha value is -0.810. The molecule has 1 atom stereocenters. The van der Waals surface area contributed by atoms with Crippen molar-refractivity contribution in [2.75, 3.05) is 53.5 Å². The predicted octanol–water partition coefficient (Wildman–Crippen LogP) is 2.66. The zero-order chi connectivity index (χ0) is 17.4. The van der Waals surface area contributed by atoms with Gasteiger partial charge in [0.05, 0.1) is 6.61 Å². The molecule has 25 heavy (non-hydrogen) atoms. The normalized spacial score (nSPS) is 29.4. The van der Waals surface area contributed by atoms with Crippen LogP contribution < -0.4 is 0 Å². The van der Waals surface area contributed by atoms with Crippen LogP contribution >= 0.6 is 0 Å². The van der Waals surface area contributed by atoms with E-state index in [1.165, 1.54) is 45.2 Å². The molecule has 0 aromatic carbocycles. The van der Waals surface area contributed by atoms with Crippen LogP contribution in [0.5, 0.6) is 0 Å². The molecule has 4 rings (SSSR count). The third kappa shape index (κ3) is 4.30. The summed E-state index contributed by atoms with van der Waals surface area (Å²) in [6.07, 6.45) is 9.18. The van der Waals surface area contributed by atoms with Gasteiger partial charge >= 0.3 is 6.03 Å². The van der Waals surface area contributed by atoms with Crippen molar-refractivity contribution in [3.63, 3.8) is 0 Å². The Balaban J connectivity index is 1.32. The lowest BCUT2D eigenvalue weighted by molar-refractivity contribution is 0.0692. The van der Waals surface area contributed by atoms with Gasteiger partial charge in [0.1, 0.15) is 0 Å². The van der Waals surface area contributed by atoms with Gasteiger partial charge in [0.15, 0.2) is 0 Å². The first-order valence-electron chi connectivity index (χ1n) is 10.3. The lowest BCUT2D eigenvalue weighted by Gasteiger charge is -2.40. The van der Waals surface area contributed by atoms with E-state index >= 15 is 0 Å². The van der Waals surface area contributed by atoms with Crippen molar-refractivity contribution < 1.29 is 9.53 Å². The summed E-state index contributed by atoms with van der Waals surface area (Å²) in [4.78, 5) is 18.7. The summed E-state index contributed by atoms with van der Waals surface area (Å²) in [6, 6.07) is 0.780. The molecule has 0 radical (unpaired) electrons. The minimum atomic E-state index is 0.173. The van der Waals surface area contributed by atoms with E-state index in [4.69, 9.17) is 4.74 Å². The first-order chi connectivity index (χ1) is 12.0. The third-order valence-electron chi connectivity index (χ3n) is 6.75. The molecule has 2 heterocycles. The summed E-state index contributed by atoms with van der Waals surface area (Å²) in [5.41, 5.74) is 0.422. The monoisotopic (exact) mass is 349 g/mol. The molecule has 142 valence electrons. The van der Waals surface area contributed by atoms with E-state index in [1.807, 2.05) is 19.0 Å². The molecule has 2 amide bonds. The molecular formula is C20H35N3O2. The Morgan fingerprint density at radius 3 is 2.36 bits per heavy atom. The Bertz CT molecular complexity index is 479. The number of hydrogen-bond donors (Lipinski definition) is 0.